The highest BCUT2D eigenvalue weighted by Gasteiger charge is 2.32. The molecule has 0 atom stereocenters. The number of rotatable bonds is 8. The van der Waals surface area contributed by atoms with E-state index in [1.807, 2.05) is 0 Å². The summed E-state index contributed by atoms with van der Waals surface area (Å²) in [6.45, 7) is 0.698. The lowest BCUT2D eigenvalue weighted by molar-refractivity contribution is -0.148. The molecular formula is C17H20F3NO4. The number of hydrogen-bond donors (Lipinski definition) is 0. The molecule has 0 aliphatic heterocycles. The van der Waals surface area contributed by atoms with E-state index in [2.05, 4.69) is 0 Å². The maximum Gasteiger partial charge on any atom is 0.401 e. The van der Waals surface area contributed by atoms with Gasteiger partial charge in [0.05, 0.1) is 26.3 Å². The van der Waals surface area contributed by atoms with E-state index in [-0.39, 0.29) is 37.6 Å². The van der Waals surface area contributed by atoms with E-state index >= 15 is 0 Å². The van der Waals surface area contributed by atoms with Crippen LogP contribution >= 0.6 is 0 Å². The van der Waals surface area contributed by atoms with Gasteiger partial charge in [-0.2, -0.15) is 13.2 Å². The number of carbonyl (C=O) groups is 1. The first-order chi connectivity index (χ1) is 11.9. The highest BCUT2D eigenvalue weighted by Crippen LogP contribution is 2.28. The lowest BCUT2D eigenvalue weighted by atomic mass is 10.1. The summed E-state index contributed by atoms with van der Waals surface area (Å²) < 4.78 is 54.0. The minimum absolute atomic E-state index is 0.0509. The van der Waals surface area contributed by atoms with Crippen molar-refractivity contribution in [2.24, 2.45) is 0 Å². The summed E-state index contributed by atoms with van der Waals surface area (Å²) in [6.07, 6.45) is -4.37. The summed E-state index contributed by atoms with van der Waals surface area (Å²) >= 11 is 0. The Hall–Kier alpha value is -2.06. The van der Waals surface area contributed by atoms with Gasteiger partial charge in [0.2, 0.25) is 0 Å². The smallest absolute Gasteiger partial charge is 0.401 e. The minimum Gasteiger partial charge on any atom is -0.462 e. The van der Waals surface area contributed by atoms with Crippen molar-refractivity contribution in [3.63, 3.8) is 0 Å². The van der Waals surface area contributed by atoms with Gasteiger partial charge in [-0.25, -0.2) is 4.79 Å². The number of para-hydroxylation sites is 1. The van der Waals surface area contributed by atoms with Gasteiger partial charge in [0.15, 0.2) is 0 Å². The van der Waals surface area contributed by atoms with E-state index in [9.17, 15) is 18.0 Å². The number of benzene rings is 1. The monoisotopic (exact) mass is 359 g/mol. The van der Waals surface area contributed by atoms with Crippen molar-refractivity contribution in [2.75, 3.05) is 33.4 Å². The summed E-state index contributed by atoms with van der Waals surface area (Å²) in [5.41, 5.74) is 0.598. The molecule has 0 amide bonds. The minimum atomic E-state index is -4.37. The van der Waals surface area contributed by atoms with Gasteiger partial charge in [0.25, 0.3) is 0 Å². The van der Waals surface area contributed by atoms with Gasteiger partial charge < -0.3 is 13.9 Å². The van der Waals surface area contributed by atoms with Crippen LogP contribution in [0.4, 0.5) is 13.2 Å². The summed E-state index contributed by atoms with van der Waals surface area (Å²) in [4.78, 5) is 13.4. The zero-order valence-electron chi connectivity index (χ0n) is 14.1. The molecule has 0 radical (unpaired) electrons. The Morgan fingerprint density at radius 1 is 1.28 bits per heavy atom. The summed E-state index contributed by atoms with van der Waals surface area (Å²) in [7, 11) is 1.41. The van der Waals surface area contributed by atoms with E-state index in [0.717, 1.165) is 4.90 Å². The van der Waals surface area contributed by atoms with Crippen LogP contribution in [0.2, 0.25) is 0 Å². The zero-order valence-corrected chi connectivity index (χ0v) is 14.1. The van der Waals surface area contributed by atoms with Crippen LogP contribution in [0.1, 0.15) is 23.0 Å². The highest BCUT2D eigenvalue weighted by molar-refractivity contribution is 6.04. The van der Waals surface area contributed by atoms with Gasteiger partial charge in [0.1, 0.15) is 16.9 Å². The van der Waals surface area contributed by atoms with Gasteiger partial charge in [-0.15, -0.1) is 0 Å². The predicted octanol–water partition coefficient (Wildman–Crippen LogP) is 3.62. The molecule has 0 saturated heterocycles. The first kappa shape index (κ1) is 19.3. The van der Waals surface area contributed by atoms with Crippen molar-refractivity contribution >= 4 is 16.9 Å². The molecule has 2 rings (SSSR count). The SMILES string of the molecule is CCOC(=O)c1c(CN(CCOC)CC(F)(F)F)oc2ccccc12. The number of methoxy groups -OCH3 is 1. The third-order valence-corrected chi connectivity index (χ3v) is 3.53. The Bertz CT molecular complexity index is 711. The Labute approximate surface area is 143 Å². The molecule has 0 aliphatic carbocycles. The second-order valence-electron chi connectivity index (χ2n) is 5.44. The zero-order chi connectivity index (χ0) is 18.4. The summed E-state index contributed by atoms with van der Waals surface area (Å²) in [6, 6.07) is 6.79. The third-order valence-electron chi connectivity index (χ3n) is 3.53. The Balaban J connectivity index is 2.36. The highest BCUT2D eigenvalue weighted by atomic mass is 19.4. The molecule has 1 aromatic heterocycles. The normalized spacial score (nSPS) is 12.1. The number of hydrogen-bond acceptors (Lipinski definition) is 5. The molecule has 138 valence electrons. The van der Waals surface area contributed by atoms with Gasteiger partial charge in [-0.3, -0.25) is 4.90 Å². The van der Waals surface area contributed by atoms with Gasteiger partial charge >= 0.3 is 12.1 Å². The molecule has 1 heterocycles. The van der Waals surface area contributed by atoms with Crippen LogP contribution in [0.15, 0.2) is 28.7 Å². The number of alkyl halides is 3. The van der Waals surface area contributed by atoms with Crippen LogP contribution in [0.5, 0.6) is 0 Å². The van der Waals surface area contributed by atoms with Crippen molar-refractivity contribution < 1.29 is 31.9 Å². The topological polar surface area (TPSA) is 51.9 Å². The fourth-order valence-electron chi connectivity index (χ4n) is 2.53. The molecular weight excluding hydrogens is 339 g/mol. The number of nitrogens with zero attached hydrogens (tertiary/aromatic N) is 1. The van der Waals surface area contributed by atoms with Crippen LogP contribution < -0.4 is 0 Å². The summed E-state index contributed by atoms with van der Waals surface area (Å²) in [5, 5.41) is 0.523. The lowest BCUT2D eigenvalue weighted by Crippen LogP contribution is -2.36. The van der Waals surface area contributed by atoms with Crippen molar-refractivity contribution in [3.05, 3.63) is 35.6 Å². The molecule has 0 N–H and O–H groups in total. The van der Waals surface area contributed by atoms with Crippen molar-refractivity contribution in [1.29, 1.82) is 0 Å². The fourth-order valence-corrected chi connectivity index (χ4v) is 2.53. The molecule has 8 heteroatoms. The lowest BCUT2D eigenvalue weighted by Gasteiger charge is -2.22. The third kappa shape index (κ3) is 5.20. The molecule has 2 aromatic rings. The molecule has 1 aromatic carbocycles. The molecule has 0 aliphatic rings. The Kier molecular flexibility index (Phi) is 6.44. The maximum absolute atomic E-state index is 12.8. The number of fused-ring (bicyclic) bond motifs is 1. The molecule has 0 saturated carbocycles. The van der Waals surface area contributed by atoms with E-state index in [1.165, 1.54) is 7.11 Å². The van der Waals surface area contributed by atoms with Gasteiger partial charge in [-0.1, -0.05) is 18.2 Å². The number of carbonyl (C=O) groups excluding carboxylic acids is 1. The molecule has 25 heavy (non-hydrogen) atoms. The van der Waals surface area contributed by atoms with Crippen LogP contribution in [-0.2, 0) is 16.0 Å². The molecule has 0 bridgehead atoms. The van der Waals surface area contributed by atoms with Crippen LogP contribution in [0.25, 0.3) is 11.0 Å². The van der Waals surface area contributed by atoms with Crippen LogP contribution in [0, 0.1) is 0 Å². The van der Waals surface area contributed by atoms with E-state index in [0.29, 0.717) is 11.0 Å². The Morgan fingerprint density at radius 2 is 2.00 bits per heavy atom. The maximum atomic E-state index is 12.8. The first-order valence-corrected chi connectivity index (χ1v) is 7.81. The van der Waals surface area contributed by atoms with Crippen molar-refractivity contribution in [3.8, 4) is 0 Å². The van der Waals surface area contributed by atoms with Crippen molar-refractivity contribution in [2.45, 2.75) is 19.6 Å². The quantitative estimate of drug-likeness (QED) is 0.674. The number of furan rings is 1. The van der Waals surface area contributed by atoms with Crippen molar-refractivity contribution in [1.82, 2.24) is 4.90 Å². The standard InChI is InChI=1S/C17H20F3NO4/c1-3-24-16(22)15-12-6-4-5-7-13(12)25-14(15)10-21(8-9-23-2)11-17(18,19)20/h4-7H,3,8-11H2,1-2H3. The number of ether oxygens (including phenoxy) is 2. The average Bonchev–Trinajstić information content (AvgIpc) is 2.89. The first-order valence-electron chi connectivity index (χ1n) is 7.81. The van der Waals surface area contributed by atoms with Gasteiger partial charge in [-0.05, 0) is 13.0 Å². The van der Waals surface area contributed by atoms with Crippen LogP contribution in [-0.4, -0.2) is 50.5 Å². The second kappa shape index (κ2) is 8.35. The number of esters is 1. The van der Waals surface area contributed by atoms with Gasteiger partial charge in [0, 0.05) is 19.0 Å². The second-order valence-corrected chi connectivity index (χ2v) is 5.44. The Morgan fingerprint density at radius 3 is 2.64 bits per heavy atom. The molecule has 0 spiro atoms. The fraction of sp³-hybridized carbons (Fsp3) is 0.471. The summed E-state index contributed by atoms with van der Waals surface area (Å²) in [5.74, 6) is -0.457. The van der Waals surface area contributed by atoms with E-state index in [1.54, 1.807) is 31.2 Å². The number of halogens is 3. The molecule has 5 nitrogen and oxygen atoms in total. The van der Waals surface area contributed by atoms with Crippen LogP contribution in [0.3, 0.4) is 0 Å². The van der Waals surface area contributed by atoms with E-state index < -0.39 is 18.7 Å². The van der Waals surface area contributed by atoms with E-state index in [4.69, 9.17) is 13.9 Å². The predicted molar refractivity (Wildman–Crippen MR) is 85.4 cm³/mol. The largest absolute Gasteiger partial charge is 0.462 e. The molecule has 0 unspecified atom stereocenters. The molecule has 0 fully saturated rings. The average molecular weight is 359 g/mol.